The lowest BCUT2D eigenvalue weighted by atomic mass is 10.2. The van der Waals surface area contributed by atoms with Gasteiger partial charge in [-0.1, -0.05) is 18.2 Å². The molecular formula is C13H16N4O. The maximum atomic E-state index is 12.0. The molecule has 2 rings (SSSR count). The molecule has 0 atom stereocenters. The molecule has 0 saturated heterocycles. The first-order valence-corrected chi connectivity index (χ1v) is 5.79. The van der Waals surface area contributed by atoms with Crippen LogP contribution in [0.4, 0.5) is 5.69 Å². The maximum absolute atomic E-state index is 12.0. The van der Waals surface area contributed by atoms with Crippen LogP contribution in [0.1, 0.15) is 16.1 Å². The number of para-hydroxylation sites is 1. The summed E-state index contributed by atoms with van der Waals surface area (Å²) in [7, 11) is 0. The molecule has 1 amide bonds. The summed E-state index contributed by atoms with van der Waals surface area (Å²) in [5.41, 5.74) is 7.66. The number of rotatable bonds is 4. The Hall–Kier alpha value is -2.14. The Morgan fingerprint density at radius 2 is 2.22 bits per heavy atom. The van der Waals surface area contributed by atoms with Crippen LogP contribution in [0.2, 0.25) is 0 Å². The summed E-state index contributed by atoms with van der Waals surface area (Å²) in [6.45, 7) is 3.13. The van der Waals surface area contributed by atoms with Crippen molar-refractivity contribution >= 4 is 11.6 Å². The quantitative estimate of drug-likeness (QED) is 0.854. The van der Waals surface area contributed by atoms with Crippen molar-refractivity contribution in [1.82, 2.24) is 9.55 Å². The number of benzene rings is 1. The number of aryl methyl sites for hydroxylation is 1. The van der Waals surface area contributed by atoms with Gasteiger partial charge in [-0.2, -0.15) is 0 Å². The Labute approximate surface area is 106 Å². The van der Waals surface area contributed by atoms with E-state index >= 15 is 0 Å². The molecule has 94 valence electrons. The van der Waals surface area contributed by atoms with E-state index in [1.807, 2.05) is 31.2 Å². The van der Waals surface area contributed by atoms with Gasteiger partial charge >= 0.3 is 0 Å². The molecule has 0 fully saturated rings. The van der Waals surface area contributed by atoms with E-state index in [9.17, 15) is 4.79 Å². The third kappa shape index (κ3) is 2.75. The van der Waals surface area contributed by atoms with Gasteiger partial charge in [-0.05, 0) is 18.6 Å². The number of hydrogen-bond donors (Lipinski definition) is 2. The highest BCUT2D eigenvalue weighted by Crippen LogP contribution is 2.14. The number of hydrogen-bond acceptors (Lipinski definition) is 3. The van der Waals surface area contributed by atoms with E-state index in [1.54, 1.807) is 17.1 Å². The topological polar surface area (TPSA) is 72.9 Å². The molecule has 0 unspecified atom stereocenters. The normalized spacial score (nSPS) is 10.3. The Balaban J connectivity index is 2.10. The van der Waals surface area contributed by atoms with Gasteiger partial charge in [0.1, 0.15) is 5.69 Å². The second-order valence-corrected chi connectivity index (χ2v) is 4.05. The van der Waals surface area contributed by atoms with Crippen molar-refractivity contribution in [3.05, 3.63) is 48.0 Å². The highest BCUT2D eigenvalue weighted by atomic mass is 16.1. The molecule has 0 aliphatic rings. The number of nitrogens with zero attached hydrogens (tertiary/aromatic N) is 2. The molecule has 5 nitrogen and oxygen atoms in total. The second-order valence-electron chi connectivity index (χ2n) is 4.05. The molecule has 0 radical (unpaired) electrons. The zero-order valence-corrected chi connectivity index (χ0v) is 10.3. The minimum atomic E-state index is -0.208. The minimum Gasteiger partial charge on any atom is -0.335 e. The van der Waals surface area contributed by atoms with Crippen molar-refractivity contribution in [1.29, 1.82) is 0 Å². The van der Waals surface area contributed by atoms with Crippen LogP contribution < -0.4 is 11.1 Å². The largest absolute Gasteiger partial charge is 0.335 e. The highest BCUT2D eigenvalue weighted by molar-refractivity contribution is 6.03. The first-order chi connectivity index (χ1) is 8.70. The van der Waals surface area contributed by atoms with E-state index in [1.165, 1.54) is 0 Å². The summed E-state index contributed by atoms with van der Waals surface area (Å²) >= 11 is 0. The molecule has 1 aromatic carbocycles. The van der Waals surface area contributed by atoms with Gasteiger partial charge in [0.2, 0.25) is 0 Å². The third-order valence-electron chi connectivity index (χ3n) is 2.65. The van der Waals surface area contributed by atoms with Crippen molar-refractivity contribution in [2.45, 2.75) is 13.5 Å². The minimum absolute atomic E-state index is 0.208. The molecule has 0 spiro atoms. The van der Waals surface area contributed by atoms with Gasteiger partial charge in [-0.15, -0.1) is 0 Å². The number of imidazole rings is 1. The van der Waals surface area contributed by atoms with Gasteiger partial charge in [-0.25, -0.2) is 4.98 Å². The van der Waals surface area contributed by atoms with Gasteiger partial charge in [0.25, 0.3) is 5.91 Å². The fourth-order valence-electron chi connectivity index (χ4n) is 1.65. The molecule has 1 heterocycles. The Kier molecular flexibility index (Phi) is 3.74. The molecule has 0 aliphatic heterocycles. The van der Waals surface area contributed by atoms with Crippen LogP contribution in [0, 0.1) is 6.92 Å². The molecule has 0 bridgehead atoms. The zero-order valence-electron chi connectivity index (χ0n) is 10.3. The fourth-order valence-corrected chi connectivity index (χ4v) is 1.65. The molecule has 1 aromatic heterocycles. The van der Waals surface area contributed by atoms with Crippen molar-refractivity contribution in [2.75, 3.05) is 11.9 Å². The van der Waals surface area contributed by atoms with Crippen molar-refractivity contribution in [3.8, 4) is 0 Å². The molecule has 3 N–H and O–H groups in total. The lowest BCUT2D eigenvalue weighted by Crippen LogP contribution is -2.13. The van der Waals surface area contributed by atoms with E-state index in [0.29, 0.717) is 18.8 Å². The Bertz CT molecular complexity index is 547. The van der Waals surface area contributed by atoms with Crippen LogP contribution in [0.3, 0.4) is 0 Å². The van der Waals surface area contributed by atoms with E-state index in [0.717, 1.165) is 11.3 Å². The van der Waals surface area contributed by atoms with E-state index in [-0.39, 0.29) is 5.91 Å². The number of anilines is 1. The highest BCUT2D eigenvalue weighted by Gasteiger charge is 2.10. The SMILES string of the molecule is Cc1ccccc1NC(=O)c1cn(CCN)cn1. The number of nitrogens with two attached hydrogens (primary N) is 1. The van der Waals surface area contributed by atoms with Crippen LogP contribution in [-0.4, -0.2) is 22.0 Å². The third-order valence-corrected chi connectivity index (χ3v) is 2.65. The molecule has 0 saturated carbocycles. The number of aromatic nitrogens is 2. The van der Waals surface area contributed by atoms with E-state index in [2.05, 4.69) is 10.3 Å². The van der Waals surface area contributed by atoms with Crippen LogP contribution >= 0.6 is 0 Å². The zero-order chi connectivity index (χ0) is 13.0. The lowest BCUT2D eigenvalue weighted by Gasteiger charge is -2.06. The molecule has 18 heavy (non-hydrogen) atoms. The summed E-state index contributed by atoms with van der Waals surface area (Å²) in [6.07, 6.45) is 3.31. The molecule has 0 aliphatic carbocycles. The summed E-state index contributed by atoms with van der Waals surface area (Å²) in [6, 6.07) is 7.63. The summed E-state index contributed by atoms with van der Waals surface area (Å²) < 4.78 is 1.80. The van der Waals surface area contributed by atoms with E-state index < -0.39 is 0 Å². The van der Waals surface area contributed by atoms with Crippen LogP contribution in [-0.2, 0) is 6.54 Å². The first-order valence-electron chi connectivity index (χ1n) is 5.79. The fraction of sp³-hybridized carbons (Fsp3) is 0.231. The summed E-state index contributed by atoms with van der Waals surface area (Å²) in [5.74, 6) is -0.208. The second kappa shape index (κ2) is 5.46. The van der Waals surface area contributed by atoms with Gasteiger partial charge in [-0.3, -0.25) is 4.79 Å². The van der Waals surface area contributed by atoms with Crippen molar-refractivity contribution < 1.29 is 4.79 Å². The smallest absolute Gasteiger partial charge is 0.275 e. The standard InChI is InChI=1S/C13H16N4O/c1-10-4-2-3-5-11(10)16-13(18)12-8-17(7-6-14)9-15-12/h2-5,8-9H,6-7,14H2,1H3,(H,16,18). The molecular weight excluding hydrogens is 228 g/mol. The predicted molar refractivity (Wildman–Crippen MR) is 70.4 cm³/mol. The van der Waals surface area contributed by atoms with Gasteiger partial charge in [0.05, 0.1) is 6.33 Å². The van der Waals surface area contributed by atoms with Crippen molar-refractivity contribution in [2.24, 2.45) is 5.73 Å². The lowest BCUT2D eigenvalue weighted by molar-refractivity contribution is 0.102. The van der Waals surface area contributed by atoms with Crippen LogP contribution in [0.15, 0.2) is 36.8 Å². The van der Waals surface area contributed by atoms with Gasteiger partial charge < -0.3 is 15.6 Å². The number of amides is 1. The van der Waals surface area contributed by atoms with Crippen LogP contribution in [0.25, 0.3) is 0 Å². The predicted octanol–water partition coefficient (Wildman–Crippen LogP) is 1.40. The van der Waals surface area contributed by atoms with Crippen LogP contribution in [0.5, 0.6) is 0 Å². The number of carbonyl (C=O) groups excluding carboxylic acids is 1. The van der Waals surface area contributed by atoms with E-state index in [4.69, 9.17) is 5.73 Å². The first kappa shape index (κ1) is 12.3. The summed E-state index contributed by atoms with van der Waals surface area (Å²) in [5, 5.41) is 2.84. The maximum Gasteiger partial charge on any atom is 0.275 e. The molecule has 5 heteroatoms. The van der Waals surface area contributed by atoms with Gasteiger partial charge in [0, 0.05) is 25.0 Å². The van der Waals surface area contributed by atoms with Gasteiger partial charge in [0.15, 0.2) is 0 Å². The average Bonchev–Trinajstić information content (AvgIpc) is 2.81. The number of carbonyl (C=O) groups is 1. The van der Waals surface area contributed by atoms with Crippen molar-refractivity contribution in [3.63, 3.8) is 0 Å². The number of nitrogens with one attached hydrogen (secondary N) is 1. The Morgan fingerprint density at radius 3 is 2.94 bits per heavy atom. The Morgan fingerprint density at radius 1 is 1.44 bits per heavy atom. The molecule has 2 aromatic rings. The average molecular weight is 244 g/mol. The summed E-state index contributed by atoms with van der Waals surface area (Å²) in [4.78, 5) is 16.0. The monoisotopic (exact) mass is 244 g/mol.